The molecule has 0 aliphatic carbocycles. The standard InChI is InChI=1S/C17H19N5O2S/c1-11(2)8-22-9-15(20-10-22)25(23,24)21-14-5-4-12(3)16-13(6-18)7-19-17(14)16/h4-5,7,9-11,19,21H,8H2,1-3H3. The summed E-state index contributed by atoms with van der Waals surface area (Å²) in [4.78, 5) is 6.98. The number of H-pyrrole nitrogens is 1. The molecule has 0 spiro atoms. The summed E-state index contributed by atoms with van der Waals surface area (Å²) in [6.07, 6.45) is 4.61. The van der Waals surface area contributed by atoms with Crippen molar-refractivity contribution in [2.75, 3.05) is 4.72 Å². The van der Waals surface area contributed by atoms with Crippen molar-refractivity contribution in [3.63, 3.8) is 0 Å². The van der Waals surface area contributed by atoms with Gasteiger partial charge in [0.05, 0.1) is 23.1 Å². The monoisotopic (exact) mass is 357 g/mol. The molecule has 0 aliphatic rings. The lowest BCUT2D eigenvalue weighted by molar-refractivity contribution is 0.522. The van der Waals surface area contributed by atoms with E-state index in [-0.39, 0.29) is 5.03 Å². The third-order valence-corrected chi connectivity index (χ3v) is 5.12. The number of fused-ring (bicyclic) bond motifs is 1. The molecular weight excluding hydrogens is 338 g/mol. The van der Waals surface area contributed by atoms with Crippen LogP contribution in [0.25, 0.3) is 10.9 Å². The van der Waals surface area contributed by atoms with Crippen LogP contribution in [0.3, 0.4) is 0 Å². The van der Waals surface area contributed by atoms with Crippen molar-refractivity contribution in [2.24, 2.45) is 5.92 Å². The Morgan fingerprint density at radius 3 is 2.84 bits per heavy atom. The predicted molar refractivity (Wildman–Crippen MR) is 95.6 cm³/mol. The highest BCUT2D eigenvalue weighted by atomic mass is 32.2. The number of anilines is 1. The largest absolute Gasteiger partial charge is 0.358 e. The quantitative estimate of drug-likeness (QED) is 0.732. The van der Waals surface area contributed by atoms with Crippen LogP contribution in [-0.2, 0) is 16.6 Å². The van der Waals surface area contributed by atoms with Crippen molar-refractivity contribution in [3.05, 3.63) is 42.0 Å². The number of sulfonamides is 1. The number of aromatic nitrogens is 3. The average Bonchev–Trinajstić information content (AvgIpc) is 3.17. The van der Waals surface area contributed by atoms with Gasteiger partial charge in [0.2, 0.25) is 0 Å². The minimum atomic E-state index is -3.81. The van der Waals surface area contributed by atoms with Crippen molar-refractivity contribution in [1.29, 1.82) is 5.26 Å². The van der Waals surface area contributed by atoms with E-state index >= 15 is 0 Å². The Morgan fingerprint density at radius 1 is 1.40 bits per heavy atom. The van der Waals surface area contributed by atoms with Crippen molar-refractivity contribution in [2.45, 2.75) is 32.3 Å². The molecule has 25 heavy (non-hydrogen) atoms. The van der Waals surface area contributed by atoms with Crippen LogP contribution < -0.4 is 4.72 Å². The molecule has 2 aromatic heterocycles. The molecule has 0 fully saturated rings. The first-order valence-electron chi connectivity index (χ1n) is 7.87. The van der Waals surface area contributed by atoms with Crippen LogP contribution >= 0.6 is 0 Å². The summed E-state index contributed by atoms with van der Waals surface area (Å²) in [5.41, 5.74) is 2.36. The Morgan fingerprint density at radius 2 is 2.16 bits per heavy atom. The highest BCUT2D eigenvalue weighted by molar-refractivity contribution is 7.92. The summed E-state index contributed by atoms with van der Waals surface area (Å²) in [5.74, 6) is 0.387. The van der Waals surface area contributed by atoms with Gasteiger partial charge in [0, 0.05) is 24.3 Å². The zero-order valence-electron chi connectivity index (χ0n) is 14.2. The van der Waals surface area contributed by atoms with Gasteiger partial charge >= 0.3 is 0 Å². The third-order valence-electron chi connectivity index (χ3n) is 3.87. The van der Waals surface area contributed by atoms with Crippen molar-refractivity contribution >= 4 is 26.6 Å². The van der Waals surface area contributed by atoms with E-state index < -0.39 is 10.0 Å². The van der Waals surface area contributed by atoms with Gasteiger partial charge in [0.1, 0.15) is 6.07 Å². The van der Waals surface area contributed by atoms with Crippen LogP contribution in [0.5, 0.6) is 0 Å². The van der Waals surface area contributed by atoms with E-state index in [4.69, 9.17) is 0 Å². The number of nitrogens with one attached hydrogen (secondary N) is 2. The Balaban J connectivity index is 1.98. The van der Waals surface area contributed by atoms with Crippen molar-refractivity contribution < 1.29 is 8.42 Å². The second kappa shape index (κ2) is 6.26. The number of rotatable bonds is 5. The molecule has 2 heterocycles. The van der Waals surface area contributed by atoms with Crippen LogP contribution in [0.2, 0.25) is 0 Å². The van der Waals surface area contributed by atoms with Crippen LogP contribution in [0.15, 0.2) is 35.9 Å². The second-order valence-electron chi connectivity index (χ2n) is 6.40. The van der Waals surface area contributed by atoms with Gasteiger partial charge in [-0.05, 0) is 24.5 Å². The number of aryl methyl sites for hydroxylation is 1. The number of benzene rings is 1. The Hall–Kier alpha value is -2.79. The lowest BCUT2D eigenvalue weighted by Gasteiger charge is -2.09. The van der Waals surface area contributed by atoms with Crippen LogP contribution in [0.4, 0.5) is 5.69 Å². The van der Waals surface area contributed by atoms with Gasteiger partial charge in [-0.2, -0.15) is 13.7 Å². The van der Waals surface area contributed by atoms with E-state index in [2.05, 4.69) is 20.8 Å². The summed E-state index contributed by atoms with van der Waals surface area (Å²) in [6, 6.07) is 5.57. The van der Waals surface area contributed by atoms with E-state index in [1.54, 1.807) is 22.9 Å². The normalized spacial score (nSPS) is 11.8. The van der Waals surface area contributed by atoms with E-state index in [1.807, 2.05) is 20.8 Å². The summed E-state index contributed by atoms with van der Waals surface area (Å²) in [5, 5.41) is 9.89. The Bertz CT molecular complexity index is 1070. The lowest BCUT2D eigenvalue weighted by Crippen LogP contribution is -2.14. The minimum Gasteiger partial charge on any atom is -0.358 e. The van der Waals surface area contributed by atoms with Gasteiger partial charge in [-0.1, -0.05) is 19.9 Å². The molecule has 0 unspecified atom stereocenters. The van der Waals surface area contributed by atoms with Gasteiger partial charge in [0.25, 0.3) is 10.0 Å². The molecule has 3 aromatic rings. The molecule has 0 aliphatic heterocycles. The van der Waals surface area contributed by atoms with Gasteiger partial charge in [-0.25, -0.2) is 4.98 Å². The zero-order valence-corrected chi connectivity index (χ0v) is 15.1. The van der Waals surface area contributed by atoms with E-state index in [0.717, 1.165) is 5.56 Å². The second-order valence-corrected chi connectivity index (χ2v) is 8.03. The number of hydrogen-bond donors (Lipinski definition) is 2. The molecular formula is C17H19N5O2S. The van der Waals surface area contributed by atoms with Crippen LogP contribution in [0.1, 0.15) is 25.0 Å². The SMILES string of the molecule is Cc1ccc(NS(=O)(=O)c2cn(CC(C)C)cn2)c2[nH]cc(C#N)c12. The number of imidazole rings is 1. The fraction of sp³-hybridized carbons (Fsp3) is 0.294. The first kappa shape index (κ1) is 17.0. The maximum absolute atomic E-state index is 12.6. The molecule has 0 atom stereocenters. The van der Waals surface area contributed by atoms with Crippen molar-refractivity contribution in [3.8, 4) is 6.07 Å². The summed E-state index contributed by atoms with van der Waals surface area (Å²) >= 11 is 0. The molecule has 0 amide bonds. The summed E-state index contributed by atoms with van der Waals surface area (Å²) < 4.78 is 29.6. The third kappa shape index (κ3) is 3.23. The smallest absolute Gasteiger partial charge is 0.281 e. The fourth-order valence-electron chi connectivity index (χ4n) is 2.79. The number of hydrogen-bond acceptors (Lipinski definition) is 4. The van der Waals surface area contributed by atoms with Crippen LogP contribution in [0, 0.1) is 24.2 Å². The molecule has 0 radical (unpaired) electrons. The van der Waals surface area contributed by atoms with Gasteiger partial charge in [-0.3, -0.25) is 4.72 Å². The average molecular weight is 357 g/mol. The highest BCUT2D eigenvalue weighted by Crippen LogP contribution is 2.29. The molecule has 7 nitrogen and oxygen atoms in total. The maximum Gasteiger partial charge on any atom is 0.281 e. The molecule has 2 N–H and O–H groups in total. The summed E-state index contributed by atoms with van der Waals surface area (Å²) in [7, 11) is -3.81. The Labute approximate surface area is 146 Å². The summed E-state index contributed by atoms with van der Waals surface area (Å²) in [6.45, 7) is 6.67. The van der Waals surface area contributed by atoms with Crippen molar-refractivity contribution in [1.82, 2.24) is 14.5 Å². The molecule has 0 saturated carbocycles. The number of aromatic amines is 1. The highest BCUT2D eigenvalue weighted by Gasteiger charge is 2.20. The first-order valence-corrected chi connectivity index (χ1v) is 9.35. The predicted octanol–water partition coefficient (Wildman–Crippen LogP) is 3.00. The van der Waals surface area contributed by atoms with E-state index in [0.29, 0.717) is 34.6 Å². The molecule has 3 rings (SSSR count). The van der Waals surface area contributed by atoms with E-state index in [9.17, 15) is 13.7 Å². The molecule has 8 heteroatoms. The van der Waals surface area contributed by atoms with E-state index in [1.165, 1.54) is 12.5 Å². The van der Waals surface area contributed by atoms with Gasteiger partial charge < -0.3 is 9.55 Å². The molecule has 1 aromatic carbocycles. The zero-order chi connectivity index (χ0) is 18.2. The van der Waals surface area contributed by atoms with Gasteiger partial charge in [-0.15, -0.1) is 0 Å². The first-order chi connectivity index (χ1) is 11.8. The minimum absolute atomic E-state index is 0.0334. The molecule has 130 valence electrons. The fourth-order valence-corrected chi connectivity index (χ4v) is 3.81. The topological polar surface area (TPSA) is 104 Å². The van der Waals surface area contributed by atoms with Crippen LogP contribution in [-0.4, -0.2) is 23.0 Å². The molecule has 0 bridgehead atoms. The number of nitrogens with zero attached hydrogens (tertiary/aromatic N) is 3. The molecule has 0 saturated heterocycles. The lowest BCUT2D eigenvalue weighted by atomic mass is 10.1. The van der Waals surface area contributed by atoms with Gasteiger partial charge in [0.15, 0.2) is 5.03 Å². The number of nitriles is 1. The Kier molecular flexibility index (Phi) is 4.27. The maximum atomic E-state index is 12.6.